The average molecular weight is 262 g/mol. The van der Waals surface area contributed by atoms with E-state index in [1.807, 2.05) is 32.0 Å². The first-order valence-corrected chi connectivity index (χ1v) is 6.85. The monoisotopic (exact) mass is 262 g/mol. The Morgan fingerprint density at radius 1 is 1.42 bits per heavy atom. The van der Waals surface area contributed by atoms with Crippen LogP contribution in [0.25, 0.3) is 0 Å². The second-order valence-electron chi connectivity index (χ2n) is 5.06. The number of hydrogen-bond acceptors (Lipinski definition) is 3. The summed E-state index contributed by atoms with van der Waals surface area (Å²) in [7, 11) is 0. The zero-order chi connectivity index (χ0) is 13.7. The van der Waals surface area contributed by atoms with Gasteiger partial charge < -0.3 is 15.4 Å². The normalized spacial score (nSPS) is 18.5. The number of ether oxygens (including phenoxy) is 1. The molecule has 1 amide bonds. The minimum absolute atomic E-state index is 0.00769. The van der Waals surface area contributed by atoms with E-state index in [0.717, 1.165) is 37.2 Å². The summed E-state index contributed by atoms with van der Waals surface area (Å²) in [5.41, 5.74) is 3.20. The number of rotatable bonds is 5. The van der Waals surface area contributed by atoms with Crippen molar-refractivity contribution in [2.24, 2.45) is 0 Å². The third kappa shape index (κ3) is 4.04. The highest BCUT2D eigenvalue weighted by Gasteiger charge is 2.15. The van der Waals surface area contributed by atoms with Crippen LogP contribution in [0.5, 0.6) is 0 Å². The zero-order valence-electron chi connectivity index (χ0n) is 11.7. The molecule has 4 nitrogen and oxygen atoms in total. The lowest BCUT2D eigenvalue weighted by molar-refractivity contribution is -0.115. The van der Waals surface area contributed by atoms with Gasteiger partial charge in [-0.2, -0.15) is 0 Å². The van der Waals surface area contributed by atoms with Crippen molar-refractivity contribution in [3.63, 3.8) is 0 Å². The Balaban J connectivity index is 1.76. The number of carbonyl (C=O) groups excluding carboxylic acids is 1. The number of benzene rings is 1. The standard InChI is InChI=1S/C15H22N2O2/c1-11-5-3-7-14(12(11)2)17-15(18)10-16-9-13-6-4-8-19-13/h3,5,7,13,16H,4,6,8-10H2,1-2H3,(H,17,18)/t13-/m1/s1. The molecule has 1 saturated heterocycles. The van der Waals surface area contributed by atoms with Crippen molar-refractivity contribution in [1.29, 1.82) is 0 Å². The molecule has 2 N–H and O–H groups in total. The second-order valence-corrected chi connectivity index (χ2v) is 5.06. The predicted octanol–water partition coefficient (Wildman–Crippen LogP) is 2.01. The summed E-state index contributed by atoms with van der Waals surface area (Å²) < 4.78 is 5.49. The topological polar surface area (TPSA) is 50.4 Å². The Labute approximate surface area is 114 Å². The van der Waals surface area contributed by atoms with E-state index < -0.39 is 0 Å². The third-order valence-corrected chi connectivity index (χ3v) is 3.56. The van der Waals surface area contributed by atoms with Gasteiger partial charge in [0.1, 0.15) is 0 Å². The Morgan fingerprint density at radius 3 is 3.00 bits per heavy atom. The molecule has 104 valence electrons. The lowest BCUT2D eigenvalue weighted by Gasteiger charge is -2.12. The van der Waals surface area contributed by atoms with Crippen LogP contribution in [-0.4, -0.2) is 31.7 Å². The Bertz CT molecular complexity index is 440. The van der Waals surface area contributed by atoms with E-state index in [4.69, 9.17) is 4.74 Å². The summed E-state index contributed by atoms with van der Waals surface area (Å²) in [4.78, 5) is 11.8. The maximum atomic E-state index is 11.8. The fourth-order valence-corrected chi connectivity index (χ4v) is 2.23. The van der Waals surface area contributed by atoms with E-state index in [1.165, 1.54) is 5.56 Å². The highest BCUT2D eigenvalue weighted by Crippen LogP contribution is 2.17. The van der Waals surface area contributed by atoms with Crippen LogP contribution in [-0.2, 0) is 9.53 Å². The predicted molar refractivity (Wildman–Crippen MR) is 76.4 cm³/mol. The van der Waals surface area contributed by atoms with Crippen LogP contribution in [0.15, 0.2) is 18.2 Å². The average Bonchev–Trinajstić information content (AvgIpc) is 2.88. The summed E-state index contributed by atoms with van der Waals surface area (Å²) in [6, 6.07) is 5.93. The molecule has 1 aromatic rings. The van der Waals surface area contributed by atoms with Gasteiger partial charge in [-0.1, -0.05) is 12.1 Å². The van der Waals surface area contributed by atoms with Crippen LogP contribution >= 0.6 is 0 Å². The molecular formula is C15H22N2O2. The van der Waals surface area contributed by atoms with Gasteiger partial charge in [-0.05, 0) is 43.9 Å². The smallest absolute Gasteiger partial charge is 0.238 e. The number of aryl methyl sites for hydroxylation is 1. The number of nitrogens with one attached hydrogen (secondary N) is 2. The molecular weight excluding hydrogens is 240 g/mol. The first-order chi connectivity index (χ1) is 9.16. The fourth-order valence-electron chi connectivity index (χ4n) is 2.23. The summed E-state index contributed by atoms with van der Waals surface area (Å²) in [5.74, 6) is -0.00769. The lowest BCUT2D eigenvalue weighted by atomic mass is 10.1. The molecule has 19 heavy (non-hydrogen) atoms. The van der Waals surface area contributed by atoms with Crippen LogP contribution in [0.4, 0.5) is 5.69 Å². The van der Waals surface area contributed by atoms with Crippen LogP contribution in [0.3, 0.4) is 0 Å². The van der Waals surface area contributed by atoms with Crippen LogP contribution in [0, 0.1) is 13.8 Å². The number of carbonyl (C=O) groups is 1. The van der Waals surface area contributed by atoms with Gasteiger partial charge in [-0.25, -0.2) is 0 Å². The van der Waals surface area contributed by atoms with Crippen molar-refractivity contribution in [3.8, 4) is 0 Å². The fraction of sp³-hybridized carbons (Fsp3) is 0.533. The minimum Gasteiger partial charge on any atom is -0.377 e. The Morgan fingerprint density at radius 2 is 2.26 bits per heavy atom. The van der Waals surface area contributed by atoms with Crippen molar-refractivity contribution in [2.75, 3.05) is 25.0 Å². The molecule has 2 rings (SSSR count). The SMILES string of the molecule is Cc1cccc(NC(=O)CNC[C@H]2CCCO2)c1C. The van der Waals surface area contributed by atoms with Crippen molar-refractivity contribution in [2.45, 2.75) is 32.8 Å². The summed E-state index contributed by atoms with van der Waals surface area (Å²) in [6.45, 7) is 5.99. The van der Waals surface area contributed by atoms with Crippen LogP contribution < -0.4 is 10.6 Å². The van der Waals surface area contributed by atoms with Gasteiger partial charge in [-0.15, -0.1) is 0 Å². The summed E-state index contributed by atoms with van der Waals surface area (Å²) in [6.07, 6.45) is 2.49. The summed E-state index contributed by atoms with van der Waals surface area (Å²) in [5, 5.41) is 6.08. The molecule has 0 bridgehead atoms. The molecule has 0 radical (unpaired) electrons. The largest absolute Gasteiger partial charge is 0.377 e. The minimum atomic E-state index is -0.00769. The van der Waals surface area contributed by atoms with Crippen LogP contribution in [0.1, 0.15) is 24.0 Å². The number of anilines is 1. The van der Waals surface area contributed by atoms with E-state index in [2.05, 4.69) is 10.6 Å². The van der Waals surface area contributed by atoms with Crippen molar-refractivity contribution < 1.29 is 9.53 Å². The van der Waals surface area contributed by atoms with Gasteiger partial charge in [0.2, 0.25) is 5.91 Å². The van der Waals surface area contributed by atoms with Crippen molar-refractivity contribution in [1.82, 2.24) is 5.32 Å². The van der Waals surface area contributed by atoms with Crippen LogP contribution in [0.2, 0.25) is 0 Å². The highest BCUT2D eigenvalue weighted by molar-refractivity contribution is 5.93. The molecule has 0 saturated carbocycles. The molecule has 1 aromatic carbocycles. The van der Waals surface area contributed by atoms with Gasteiger partial charge in [0, 0.05) is 18.8 Å². The molecule has 0 aliphatic carbocycles. The number of hydrogen-bond donors (Lipinski definition) is 2. The quantitative estimate of drug-likeness (QED) is 0.853. The molecule has 1 heterocycles. The second kappa shape index (κ2) is 6.68. The Kier molecular flexibility index (Phi) is 4.93. The van der Waals surface area contributed by atoms with Gasteiger partial charge >= 0.3 is 0 Å². The van der Waals surface area contributed by atoms with Gasteiger partial charge in [0.15, 0.2) is 0 Å². The lowest BCUT2D eigenvalue weighted by Crippen LogP contribution is -2.33. The van der Waals surface area contributed by atoms with Gasteiger partial charge in [0.05, 0.1) is 12.6 Å². The molecule has 0 aromatic heterocycles. The Hall–Kier alpha value is -1.39. The van der Waals surface area contributed by atoms with Gasteiger partial charge in [0.25, 0.3) is 0 Å². The molecule has 1 fully saturated rings. The molecule has 1 atom stereocenters. The first-order valence-electron chi connectivity index (χ1n) is 6.85. The zero-order valence-corrected chi connectivity index (χ0v) is 11.7. The molecule has 1 aliphatic rings. The third-order valence-electron chi connectivity index (χ3n) is 3.56. The molecule has 4 heteroatoms. The van der Waals surface area contributed by atoms with Crippen molar-refractivity contribution in [3.05, 3.63) is 29.3 Å². The summed E-state index contributed by atoms with van der Waals surface area (Å²) >= 11 is 0. The molecule has 1 aliphatic heterocycles. The first kappa shape index (κ1) is 14.0. The van der Waals surface area contributed by atoms with Gasteiger partial charge in [-0.3, -0.25) is 4.79 Å². The molecule has 0 spiro atoms. The van der Waals surface area contributed by atoms with E-state index in [9.17, 15) is 4.79 Å². The maximum absolute atomic E-state index is 11.8. The maximum Gasteiger partial charge on any atom is 0.238 e. The van der Waals surface area contributed by atoms with Crippen molar-refractivity contribution >= 4 is 11.6 Å². The van der Waals surface area contributed by atoms with E-state index in [-0.39, 0.29) is 12.0 Å². The van der Waals surface area contributed by atoms with E-state index in [0.29, 0.717) is 6.54 Å². The number of amides is 1. The molecule has 0 unspecified atom stereocenters. The highest BCUT2D eigenvalue weighted by atomic mass is 16.5. The van der Waals surface area contributed by atoms with E-state index in [1.54, 1.807) is 0 Å². The van der Waals surface area contributed by atoms with E-state index >= 15 is 0 Å².